The molecule has 5 nitrogen and oxygen atoms in total. The molecule has 3 aromatic rings. The Hall–Kier alpha value is -3.42. The summed E-state index contributed by atoms with van der Waals surface area (Å²) in [6.07, 6.45) is 5.65. The van der Waals surface area contributed by atoms with E-state index in [4.69, 9.17) is 0 Å². The van der Waals surface area contributed by atoms with Crippen molar-refractivity contribution in [2.24, 2.45) is 0 Å². The Bertz CT molecular complexity index is 982. The van der Waals surface area contributed by atoms with E-state index in [2.05, 4.69) is 15.3 Å². The molecule has 0 aliphatic rings. The highest BCUT2D eigenvalue weighted by Gasteiger charge is 2.16. The molecular weight excluding hydrogens is 369 g/mol. The molecule has 0 bridgehead atoms. The lowest BCUT2D eigenvalue weighted by molar-refractivity contribution is 0.102. The van der Waals surface area contributed by atoms with E-state index in [9.17, 15) is 18.0 Å². The van der Waals surface area contributed by atoms with Crippen molar-refractivity contribution < 1.29 is 18.0 Å². The molecule has 0 atom stereocenters. The number of rotatable bonds is 6. The first kappa shape index (κ1) is 19.3. The highest BCUT2D eigenvalue weighted by Crippen LogP contribution is 2.21. The first-order chi connectivity index (χ1) is 13.5. The van der Waals surface area contributed by atoms with Crippen molar-refractivity contribution in [2.75, 3.05) is 23.8 Å². The zero-order chi connectivity index (χ0) is 20.1. The second-order valence-electron chi connectivity index (χ2n) is 6.11. The van der Waals surface area contributed by atoms with Crippen LogP contribution in [0.4, 0.5) is 24.7 Å². The average molecular weight is 386 g/mol. The fourth-order valence-corrected chi connectivity index (χ4v) is 2.55. The van der Waals surface area contributed by atoms with E-state index in [1.807, 2.05) is 24.1 Å². The molecule has 2 heterocycles. The molecule has 1 N–H and O–H groups in total. The number of aromatic nitrogens is 2. The lowest BCUT2D eigenvalue weighted by atomic mass is 10.2. The monoisotopic (exact) mass is 386 g/mol. The van der Waals surface area contributed by atoms with Crippen LogP contribution in [0.5, 0.6) is 0 Å². The summed E-state index contributed by atoms with van der Waals surface area (Å²) in [5.41, 5.74) is 0.891. The summed E-state index contributed by atoms with van der Waals surface area (Å²) in [6, 6.07) is 8.55. The maximum absolute atomic E-state index is 13.8. The molecule has 0 saturated carbocycles. The van der Waals surface area contributed by atoms with Crippen LogP contribution in [-0.2, 0) is 6.42 Å². The van der Waals surface area contributed by atoms with Crippen molar-refractivity contribution in [3.63, 3.8) is 0 Å². The van der Waals surface area contributed by atoms with Gasteiger partial charge in [-0.2, -0.15) is 0 Å². The molecule has 0 unspecified atom stereocenters. The van der Waals surface area contributed by atoms with E-state index >= 15 is 0 Å². The third-order valence-electron chi connectivity index (χ3n) is 4.17. The summed E-state index contributed by atoms with van der Waals surface area (Å²) in [4.78, 5) is 22.4. The van der Waals surface area contributed by atoms with Crippen LogP contribution in [0.25, 0.3) is 0 Å². The zero-order valence-electron chi connectivity index (χ0n) is 15.0. The minimum Gasteiger partial charge on any atom is -0.359 e. The number of nitrogens with zero attached hydrogens (tertiary/aromatic N) is 3. The predicted molar refractivity (Wildman–Crippen MR) is 99.7 cm³/mol. The van der Waals surface area contributed by atoms with E-state index in [1.165, 1.54) is 12.3 Å². The van der Waals surface area contributed by atoms with E-state index in [0.717, 1.165) is 24.1 Å². The Morgan fingerprint density at radius 2 is 1.79 bits per heavy atom. The van der Waals surface area contributed by atoms with Crippen LogP contribution in [0.2, 0.25) is 0 Å². The summed E-state index contributed by atoms with van der Waals surface area (Å²) >= 11 is 0. The Labute approximate surface area is 159 Å². The molecule has 0 aliphatic carbocycles. The van der Waals surface area contributed by atoms with Crippen molar-refractivity contribution in [3.8, 4) is 0 Å². The highest BCUT2D eigenvalue weighted by atomic mass is 19.2. The Balaban J connectivity index is 1.70. The molecule has 0 spiro atoms. The van der Waals surface area contributed by atoms with Crippen molar-refractivity contribution >= 4 is 17.4 Å². The van der Waals surface area contributed by atoms with Gasteiger partial charge in [0.25, 0.3) is 5.91 Å². The Morgan fingerprint density at radius 3 is 2.54 bits per heavy atom. The molecular formula is C20H17F3N4O. The molecule has 144 valence electrons. The number of anilines is 2. The first-order valence-electron chi connectivity index (χ1n) is 8.46. The van der Waals surface area contributed by atoms with Gasteiger partial charge in [0.1, 0.15) is 5.82 Å². The van der Waals surface area contributed by atoms with Gasteiger partial charge in [-0.15, -0.1) is 0 Å². The third kappa shape index (κ3) is 4.46. The third-order valence-corrected chi connectivity index (χ3v) is 4.17. The average Bonchev–Trinajstić information content (AvgIpc) is 2.73. The lowest BCUT2D eigenvalue weighted by Crippen LogP contribution is -2.22. The van der Waals surface area contributed by atoms with Crippen molar-refractivity contribution in [3.05, 3.63) is 83.6 Å². The van der Waals surface area contributed by atoms with Crippen LogP contribution in [0.3, 0.4) is 0 Å². The number of halogens is 3. The van der Waals surface area contributed by atoms with E-state index in [0.29, 0.717) is 12.4 Å². The van der Waals surface area contributed by atoms with Gasteiger partial charge in [0.2, 0.25) is 0 Å². The number of hydrogen-bond acceptors (Lipinski definition) is 4. The predicted octanol–water partition coefficient (Wildman–Crippen LogP) is 3.83. The maximum Gasteiger partial charge on any atom is 0.255 e. The summed E-state index contributed by atoms with van der Waals surface area (Å²) in [6.45, 7) is 0.653. The van der Waals surface area contributed by atoms with Crippen LogP contribution >= 0.6 is 0 Å². The van der Waals surface area contributed by atoms with E-state index < -0.39 is 29.0 Å². The van der Waals surface area contributed by atoms with Gasteiger partial charge in [-0.1, -0.05) is 0 Å². The van der Waals surface area contributed by atoms with Crippen LogP contribution in [0.15, 0.2) is 55.0 Å². The number of amides is 1. The molecule has 1 aromatic carbocycles. The largest absolute Gasteiger partial charge is 0.359 e. The summed E-state index contributed by atoms with van der Waals surface area (Å²) < 4.78 is 40.1. The number of pyridine rings is 2. The fraction of sp³-hybridized carbons (Fsp3) is 0.150. The van der Waals surface area contributed by atoms with Gasteiger partial charge in [-0.3, -0.25) is 9.78 Å². The van der Waals surface area contributed by atoms with Crippen LogP contribution in [-0.4, -0.2) is 29.5 Å². The first-order valence-corrected chi connectivity index (χ1v) is 8.46. The second-order valence-corrected chi connectivity index (χ2v) is 6.11. The van der Waals surface area contributed by atoms with Gasteiger partial charge in [0.05, 0.1) is 5.69 Å². The Morgan fingerprint density at radius 1 is 1.04 bits per heavy atom. The van der Waals surface area contributed by atoms with Gasteiger partial charge in [-0.25, -0.2) is 18.2 Å². The quantitative estimate of drug-likeness (QED) is 0.655. The van der Waals surface area contributed by atoms with Gasteiger partial charge in [0, 0.05) is 37.7 Å². The fourth-order valence-electron chi connectivity index (χ4n) is 2.55. The van der Waals surface area contributed by atoms with E-state index in [-0.39, 0.29) is 5.56 Å². The molecule has 3 rings (SSSR count). The number of carbonyl (C=O) groups excluding carboxylic acids is 1. The van der Waals surface area contributed by atoms with Gasteiger partial charge < -0.3 is 10.2 Å². The smallest absolute Gasteiger partial charge is 0.255 e. The number of likely N-dealkylation sites (N-methyl/N-ethyl adjacent to an activating group) is 1. The lowest BCUT2D eigenvalue weighted by Gasteiger charge is -2.18. The molecule has 8 heteroatoms. The highest BCUT2D eigenvalue weighted by molar-refractivity contribution is 6.04. The molecule has 0 fully saturated rings. The molecule has 2 aromatic heterocycles. The SMILES string of the molecule is CN(CCc1ccncc1)c1cc(C(=O)Nc2ccc(F)c(F)c2F)ccn1. The number of hydrogen-bond donors (Lipinski definition) is 1. The van der Waals surface area contributed by atoms with Crippen molar-refractivity contribution in [1.29, 1.82) is 0 Å². The normalized spacial score (nSPS) is 10.6. The van der Waals surface area contributed by atoms with E-state index in [1.54, 1.807) is 18.5 Å². The molecule has 0 saturated heterocycles. The topological polar surface area (TPSA) is 58.1 Å². The summed E-state index contributed by atoms with van der Waals surface area (Å²) in [5.74, 6) is -4.51. The van der Waals surface area contributed by atoms with Crippen LogP contribution < -0.4 is 10.2 Å². The summed E-state index contributed by atoms with van der Waals surface area (Å²) in [5, 5.41) is 2.24. The number of carbonyl (C=O) groups is 1. The second kappa shape index (κ2) is 8.51. The molecule has 0 aliphatic heterocycles. The minimum absolute atomic E-state index is 0.213. The maximum atomic E-state index is 13.8. The minimum atomic E-state index is -1.64. The zero-order valence-corrected chi connectivity index (χ0v) is 15.0. The molecule has 1 amide bonds. The molecule has 0 radical (unpaired) electrons. The Kier molecular flexibility index (Phi) is 5.88. The van der Waals surface area contributed by atoms with Gasteiger partial charge >= 0.3 is 0 Å². The standard InChI is InChI=1S/C20H17F3N4O/c1-27(11-7-13-4-8-24-9-5-13)17-12-14(6-10-25-17)20(28)26-16-3-2-15(21)18(22)19(16)23/h2-6,8-10,12H,7,11H2,1H3,(H,26,28). The number of nitrogens with one attached hydrogen (secondary N) is 1. The van der Waals surface area contributed by atoms with Crippen molar-refractivity contribution in [2.45, 2.75) is 6.42 Å². The van der Waals surface area contributed by atoms with Crippen molar-refractivity contribution in [1.82, 2.24) is 9.97 Å². The van der Waals surface area contributed by atoms with Crippen LogP contribution in [0, 0.1) is 17.5 Å². The van der Waals surface area contributed by atoms with Gasteiger partial charge in [0.15, 0.2) is 17.5 Å². The van der Waals surface area contributed by atoms with Crippen LogP contribution in [0.1, 0.15) is 15.9 Å². The number of benzene rings is 1. The molecule has 28 heavy (non-hydrogen) atoms. The van der Waals surface area contributed by atoms with Gasteiger partial charge in [-0.05, 0) is 48.4 Å². The summed E-state index contributed by atoms with van der Waals surface area (Å²) in [7, 11) is 1.83.